The number of hydrogen-bond donors (Lipinski definition) is 0. The average molecular weight is 282 g/mol. The van der Waals surface area contributed by atoms with Gasteiger partial charge in [-0.05, 0) is 40.1 Å². The van der Waals surface area contributed by atoms with E-state index < -0.39 is 0 Å². The summed E-state index contributed by atoms with van der Waals surface area (Å²) in [5, 5.41) is 0. The van der Waals surface area contributed by atoms with E-state index >= 15 is 0 Å². The Morgan fingerprint density at radius 1 is 1.55 bits per heavy atom. The van der Waals surface area contributed by atoms with Gasteiger partial charge in [-0.1, -0.05) is 20.1 Å². The maximum atomic E-state index is 11.1. The minimum Gasteiger partial charge on any atom is -0.443 e. The Kier molecular flexibility index (Phi) is 8.56. The SMILES string of the molecule is C=C(C)C(=O)OC(CC)N(C)C.C=CN1CCCC1=O. The molecule has 5 nitrogen and oxygen atoms in total. The molecule has 1 rings (SSSR count). The number of hydrogen-bond acceptors (Lipinski definition) is 4. The van der Waals surface area contributed by atoms with Crippen LogP contribution in [0.4, 0.5) is 0 Å². The van der Waals surface area contributed by atoms with E-state index in [0.717, 1.165) is 19.4 Å². The van der Waals surface area contributed by atoms with Gasteiger partial charge in [-0.25, -0.2) is 4.79 Å². The highest BCUT2D eigenvalue weighted by Crippen LogP contribution is 2.08. The van der Waals surface area contributed by atoms with Gasteiger partial charge in [-0.15, -0.1) is 0 Å². The van der Waals surface area contributed by atoms with Gasteiger partial charge in [0.2, 0.25) is 5.91 Å². The van der Waals surface area contributed by atoms with Gasteiger partial charge >= 0.3 is 5.97 Å². The van der Waals surface area contributed by atoms with Crippen molar-refractivity contribution in [2.45, 2.75) is 39.3 Å². The minimum absolute atomic E-state index is 0.144. The molecule has 0 N–H and O–H groups in total. The fourth-order valence-corrected chi connectivity index (χ4v) is 1.64. The molecule has 1 saturated heterocycles. The van der Waals surface area contributed by atoms with E-state index in [1.54, 1.807) is 18.0 Å². The number of esters is 1. The van der Waals surface area contributed by atoms with Crippen LogP contribution in [-0.4, -0.2) is 48.5 Å². The van der Waals surface area contributed by atoms with Crippen molar-refractivity contribution in [1.82, 2.24) is 9.80 Å². The Balaban J connectivity index is 0.000000388. The molecular formula is C15H26N2O3. The lowest BCUT2D eigenvalue weighted by atomic mass is 10.3. The monoisotopic (exact) mass is 282 g/mol. The number of nitrogens with zero attached hydrogens (tertiary/aromatic N) is 2. The highest BCUT2D eigenvalue weighted by atomic mass is 16.6. The van der Waals surface area contributed by atoms with E-state index in [1.807, 2.05) is 25.9 Å². The first-order valence-corrected chi connectivity index (χ1v) is 6.78. The van der Waals surface area contributed by atoms with Gasteiger partial charge in [0.15, 0.2) is 6.23 Å². The minimum atomic E-state index is -0.324. The molecule has 0 aromatic rings. The van der Waals surface area contributed by atoms with Crippen LogP contribution in [0.1, 0.15) is 33.1 Å². The third kappa shape index (κ3) is 6.52. The van der Waals surface area contributed by atoms with Crippen molar-refractivity contribution in [1.29, 1.82) is 0 Å². The zero-order valence-electron chi connectivity index (χ0n) is 13.0. The van der Waals surface area contributed by atoms with E-state index in [-0.39, 0.29) is 18.1 Å². The first-order chi connectivity index (χ1) is 9.33. The topological polar surface area (TPSA) is 49.9 Å². The Morgan fingerprint density at radius 3 is 2.40 bits per heavy atom. The molecule has 0 bridgehead atoms. The number of ether oxygens (including phenoxy) is 1. The Morgan fingerprint density at radius 2 is 2.15 bits per heavy atom. The van der Waals surface area contributed by atoms with Gasteiger partial charge in [0.05, 0.1) is 0 Å². The van der Waals surface area contributed by atoms with Crippen LogP contribution in [0, 0.1) is 0 Å². The number of carbonyl (C=O) groups excluding carboxylic acids is 2. The molecule has 0 aromatic carbocycles. The number of rotatable bonds is 5. The van der Waals surface area contributed by atoms with E-state index in [1.165, 1.54) is 0 Å². The lowest BCUT2D eigenvalue weighted by molar-refractivity contribution is -0.152. The Bertz CT molecular complexity index is 364. The second-order valence-corrected chi connectivity index (χ2v) is 4.89. The summed E-state index contributed by atoms with van der Waals surface area (Å²) in [5.41, 5.74) is 0.440. The Hall–Kier alpha value is -1.62. The normalized spacial score (nSPS) is 15.4. The van der Waals surface area contributed by atoms with Crippen LogP contribution in [0.3, 0.4) is 0 Å². The molecule has 0 aliphatic carbocycles. The van der Waals surface area contributed by atoms with Crippen LogP contribution in [0.2, 0.25) is 0 Å². The van der Waals surface area contributed by atoms with Gasteiger partial charge in [-0.2, -0.15) is 0 Å². The van der Waals surface area contributed by atoms with Crippen LogP contribution >= 0.6 is 0 Å². The summed E-state index contributed by atoms with van der Waals surface area (Å²) in [7, 11) is 3.75. The van der Waals surface area contributed by atoms with Crippen molar-refractivity contribution in [3.63, 3.8) is 0 Å². The fourth-order valence-electron chi connectivity index (χ4n) is 1.64. The molecule has 114 valence electrons. The van der Waals surface area contributed by atoms with Crippen molar-refractivity contribution >= 4 is 11.9 Å². The largest absolute Gasteiger partial charge is 0.443 e. The average Bonchev–Trinajstić information content (AvgIpc) is 2.81. The maximum Gasteiger partial charge on any atom is 0.334 e. The zero-order valence-corrected chi connectivity index (χ0v) is 13.0. The summed E-state index contributed by atoms with van der Waals surface area (Å²) in [4.78, 5) is 25.2. The molecule has 0 saturated carbocycles. The maximum absolute atomic E-state index is 11.1. The summed E-state index contributed by atoms with van der Waals surface area (Å²) in [5.74, 6) is -0.115. The molecule has 0 aromatic heterocycles. The zero-order chi connectivity index (χ0) is 15.7. The van der Waals surface area contributed by atoms with Crippen molar-refractivity contribution in [3.05, 3.63) is 24.9 Å². The summed E-state index contributed by atoms with van der Waals surface area (Å²) in [6, 6.07) is 0. The van der Waals surface area contributed by atoms with Crippen LogP contribution < -0.4 is 0 Å². The number of carbonyl (C=O) groups is 2. The van der Waals surface area contributed by atoms with Gasteiger partial charge in [0.1, 0.15) is 0 Å². The van der Waals surface area contributed by atoms with Crippen LogP contribution in [0.25, 0.3) is 0 Å². The van der Waals surface area contributed by atoms with E-state index in [0.29, 0.717) is 12.0 Å². The molecule has 20 heavy (non-hydrogen) atoms. The van der Waals surface area contributed by atoms with Gasteiger partial charge in [-0.3, -0.25) is 9.69 Å². The second-order valence-electron chi connectivity index (χ2n) is 4.89. The molecular weight excluding hydrogens is 256 g/mol. The highest BCUT2D eigenvalue weighted by Gasteiger charge is 2.16. The van der Waals surface area contributed by atoms with Crippen LogP contribution in [0.5, 0.6) is 0 Å². The molecule has 5 heteroatoms. The van der Waals surface area contributed by atoms with Crippen LogP contribution in [-0.2, 0) is 14.3 Å². The summed E-state index contributed by atoms with van der Waals surface area (Å²) >= 11 is 0. The third-order valence-electron chi connectivity index (χ3n) is 2.85. The first-order valence-electron chi connectivity index (χ1n) is 6.78. The number of likely N-dealkylation sites (tertiary alicyclic amines) is 1. The van der Waals surface area contributed by atoms with E-state index in [2.05, 4.69) is 13.2 Å². The molecule has 1 unspecified atom stereocenters. The second kappa shape index (κ2) is 9.31. The molecule has 1 atom stereocenters. The predicted octanol–water partition coefficient (Wildman–Crippen LogP) is 2.16. The summed E-state index contributed by atoms with van der Waals surface area (Å²) < 4.78 is 5.11. The lowest BCUT2D eigenvalue weighted by Gasteiger charge is -2.22. The van der Waals surface area contributed by atoms with Crippen LogP contribution in [0.15, 0.2) is 24.9 Å². The molecule has 1 aliphatic rings. The Labute approximate surface area is 121 Å². The quantitative estimate of drug-likeness (QED) is 0.440. The fraction of sp³-hybridized carbons (Fsp3) is 0.600. The van der Waals surface area contributed by atoms with Crippen molar-refractivity contribution in [2.24, 2.45) is 0 Å². The van der Waals surface area contributed by atoms with Gasteiger partial charge < -0.3 is 9.64 Å². The first kappa shape index (κ1) is 18.4. The predicted molar refractivity (Wildman–Crippen MR) is 79.8 cm³/mol. The third-order valence-corrected chi connectivity index (χ3v) is 2.85. The molecule has 1 aliphatic heterocycles. The van der Waals surface area contributed by atoms with Crippen molar-refractivity contribution in [2.75, 3.05) is 20.6 Å². The molecule has 1 fully saturated rings. The summed E-state index contributed by atoms with van der Waals surface area (Å²) in [6.07, 6.45) is 3.92. The van der Waals surface area contributed by atoms with Gasteiger partial charge in [0.25, 0.3) is 0 Å². The van der Waals surface area contributed by atoms with E-state index in [9.17, 15) is 9.59 Å². The molecule has 0 spiro atoms. The smallest absolute Gasteiger partial charge is 0.334 e. The van der Waals surface area contributed by atoms with E-state index in [4.69, 9.17) is 4.74 Å². The highest BCUT2D eigenvalue weighted by molar-refractivity contribution is 5.87. The number of amides is 1. The van der Waals surface area contributed by atoms with Gasteiger partial charge in [0, 0.05) is 18.5 Å². The molecule has 1 amide bonds. The standard InChI is InChI=1S/C9H17NO2.C6H9NO/c1-6-8(10(4)5)12-9(11)7(2)3;1-2-7-5-3-4-6(7)8/h8H,2,6H2,1,3-5H3;2H,1,3-5H2. The van der Waals surface area contributed by atoms with Crippen molar-refractivity contribution in [3.8, 4) is 0 Å². The molecule has 0 radical (unpaired) electrons. The summed E-state index contributed by atoms with van der Waals surface area (Å²) in [6.45, 7) is 11.5. The molecule has 1 heterocycles. The van der Waals surface area contributed by atoms with Crippen molar-refractivity contribution < 1.29 is 14.3 Å². The lowest BCUT2D eigenvalue weighted by Crippen LogP contribution is -2.32.